The predicted octanol–water partition coefficient (Wildman–Crippen LogP) is 1.41. The third-order valence-electron chi connectivity index (χ3n) is 4.90. The van der Waals surface area contributed by atoms with Crippen LogP contribution < -0.4 is 10.2 Å². The Balaban J connectivity index is 1.30. The molecule has 0 aliphatic carbocycles. The zero-order valence-electron chi connectivity index (χ0n) is 17.0. The van der Waals surface area contributed by atoms with Gasteiger partial charge in [-0.05, 0) is 24.3 Å². The number of furan rings is 1. The maximum Gasteiger partial charge on any atom is 0.313 e. The molecule has 0 atom stereocenters. The molecule has 0 spiro atoms. The number of hydrogen-bond acceptors (Lipinski definition) is 7. The summed E-state index contributed by atoms with van der Waals surface area (Å²) < 4.78 is 4.94. The first kappa shape index (κ1) is 21.5. The summed E-state index contributed by atoms with van der Waals surface area (Å²) >= 11 is 1.04. The molecule has 4 rings (SSSR count). The minimum absolute atomic E-state index is 0.0415. The first-order valence-electron chi connectivity index (χ1n) is 9.87. The minimum Gasteiger partial charge on any atom is -0.459 e. The summed E-state index contributed by atoms with van der Waals surface area (Å²) in [4.78, 5) is 48.4. The fourth-order valence-electron chi connectivity index (χ4n) is 3.25. The summed E-state index contributed by atoms with van der Waals surface area (Å²) in [5.41, 5.74) is 0.730. The van der Waals surface area contributed by atoms with Gasteiger partial charge >= 0.3 is 5.91 Å². The third kappa shape index (κ3) is 4.94. The summed E-state index contributed by atoms with van der Waals surface area (Å²) in [6.07, 6.45) is 1.31. The third-order valence-corrected chi connectivity index (χ3v) is 5.76. The molecule has 2 aliphatic rings. The lowest BCUT2D eigenvalue weighted by Gasteiger charge is -2.36. The molecule has 0 unspecified atom stereocenters. The quantitative estimate of drug-likeness (QED) is 0.721. The Hall–Kier alpha value is -3.73. The molecule has 11 heteroatoms. The van der Waals surface area contributed by atoms with E-state index >= 15 is 0 Å². The molecule has 1 saturated heterocycles. The van der Waals surface area contributed by atoms with Crippen molar-refractivity contribution < 1.29 is 18.8 Å². The van der Waals surface area contributed by atoms with Gasteiger partial charge in [-0.25, -0.2) is 4.99 Å². The second-order valence-corrected chi connectivity index (χ2v) is 7.92. The monoisotopic (exact) mass is 452 g/mol. The molecule has 2 N–H and O–H groups in total. The van der Waals surface area contributed by atoms with Gasteiger partial charge in [-0.3, -0.25) is 25.1 Å². The first-order valence-corrected chi connectivity index (χ1v) is 10.9. The van der Waals surface area contributed by atoms with Crippen molar-refractivity contribution in [3.05, 3.63) is 54.5 Å². The number of aliphatic imine (C=N–C) groups is 2. The standard InChI is InChI=1S/C21H20N6O4S/c22-18-17(23-19(29)15-7-4-12-31-15)20(30)25-21(24-18)32-13-16(28)27-10-8-26(9-11-27)14-5-2-1-3-6-14/h1-7,12H,8-11,13H2,(H2,22,24,25,30). The first-order chi connectivity index (χ1) is 15.5. The second kappa shape index (κ2) is 9.60. The molecule has 0 saturated carbocycles. The van der Waals surface area contributed by atoms with Gasteiger partial charge in [-0.15, -0.1) is 0 Å². The molecule has 1 fully saturated rings. The number of carbonyl (C=O) groups is 3. The number of carbonyl (C=O) groups excluding carboxylic acids is 3. The zero-order valence-corrected chi connectivity index (χ0v) is 17.8. The largest absolute Gasteiger partial charge is 0.459 e. The van der Waals surface area contributed by atoms with Gasteiger partial charge in [0.2, 0.25) is 5.91 Å². The summed E-state index contributed by atoms with van der Waals surface area (Å²) in [5, 5.41) is 10.5. The Morgan fingerprint density at radius 1 is 1.12 bits per heavy atom. The summed E-state index contributed by atoms with van der Waals surface area (Å²) in [5.74, 6) is -1.98. The highest BCUT2D eigenvalue weighted by molar-refractivity contribution is 8.14. The van der Waals surface area contributed by atoms with E-state index in [4.69, 9.17) is 9.83 Å². The predicted molar refractivity (Wildman–Crippen MR) is 121 cm³/mol. The summed E-state index contributed by atoms with van der Waals surface area (Å²) in [7, 11) is 0. The van der Waals surface area contributed by atoms with Gasteiger partial charge < -0.3 is 14.2 Å². The van der Waals surface area contributed by atoms with Crippen LogP contribution in [-0.2, 0) is 9.59 Å². The SMILES string of the molecule is N=C1N=C(SCC(=O)N2CCN(c3ccccc3)CC2)NC(=O)C1=NC(=O)c1ccco1. The molecule has 32 heavy (non-hydrogen) atoms. The van der Waals surface area contributed by atoms with E-state index in [1.54, 1.807) is 4.90 Å². The molecule has 1 aromatic heterocycles. The molecule has 3 amide bonds. The molecule has 164 valence electrons. The maximum atomic E-state index is 12.6. The van der Waals surface area contributed by atoms with Gasteiger partial charge in [0, 0.05) is 31.9 Å². The molecule has 2 aromatic rings. The number of para-hydroxylation sites is 1. The van der Waals surface area contributed by atoms with Crippen molar-refractivity contribution in [1.82, 2.24) is 10.2 Å². The van der Waals surface area contributed by atoms with Gasteiger partial charge in [0.25, 0.3) is 5.91 Å². The Kier molecular flexibility index (Phi) is 6.45. The van der Waals surface area contributed by atoms with Gasteiger partial charge in [0.05, 0.1) is 12.0 Å². The molecule has 1 aromatic carbocycles. The average molecular weight is 452 g/mol. The van der Waals surface area contributed by atoms with E-state index in [1.807, 2.05) is 30.3 Å². The normalized spacial score (nSPS) is 17.9. The maximum absolute atomic E-state index is 12.6. The fourth-order valence-corrected chi connectivity index (χ4v) is 4.01. The van der Waals surface area contributed by atoms with E-state index in [0.29, 0.717) is 13.1 Å². The molecular weight excluding hydrogens is 432 g/mol. The molecule has 3 heterocycles. The van der Waals surface area contributed by atoms with Crippen molar-refractivity contribution in [1.29, 1.82) is 5.41 Å². The van der Waals surface area contributed by atoms with Crippen LogP contribution in [0.2, 0.25) is 0 Å². The van der Waals surface area contributed by atoms with Crippen LogP contribution in [0.5, 0.6) is 0 Å². The highest BCUT2D eigenvalue weighted by Gasteiger charge is 2.28. The Morgan fingerprint density at radius 3 is 2.53 bits per heavy atom. The number of nitrogens with zero attached hydrogens (tertiary/aromatic N) is 4. The number of anilines is 1. The molecule has 0 bridgehead atoms. The lowest BCUT2D eigenvalue weighted by Crippen LogP contribution is -2.49. The van der Waals surface area contributed by atoms with Crippen LogP contribution in [0.15, 0.2) is 63.1 Å². The number of amides is 3. The molecule has 0 radical (unpaired) electrons. The Morgan fingerprint density at radius 2 is 1.88 bits per heavy atom. The number of rotatable bonds is 4. The van der Waals surface area contributed by atoms with E-state index in [1.165, 1.54) is 18.4 Å². The van der Waals surface area contributed by atoms with Crippen LogP contribution in [0.1, 0.15) is 10.6 Å². The van der Waals surface area contributed by atoms with E-state index in [2.05, 4.69) is 20.2 Å². The van der Waals surface area contributed by atoms with Crippen molar-refractivity contribution in [2.24, 2.45) is 9.98 Å². The summed E-state index contributed by atoms with van der Waals surface area (Å²) in [6.45, 7) is 2.70. The van der Waals surface area contributed by atoms with Gasteiger partial charge in [-0.1, -0.05) is 30.0 Å². The number of thioether (sulfide) groups is 1. The van der Waals surface area contributed by atoms with Gasteiger partial charge in [0.15, 0.2) is 22.5 Å². The number of piperazine rings is 1. The topological polar surface area (TPSA) is 131 Å². The summed E-state index contributed by atoms with van der Waals surface area (Å²) in [6, 6.07) is 13.0. The van der Waals surface area contributed by atoms with E-state index in [-0.39, 0.29) is 22.6 Å². The van der Waals surface area contributed by atoms with Gasteiger partial charge in [-0.2, -0.15) is 4.99 Å². The van der Waals surface area contributed by atoms with E-state index in [0.717, 1.165) is 30.5 Å². The fraction of sp³-hybridized carbons (Fsp3) is 0.238. The van der Waals surface area contributed by atoms with Crippen LogP contribution in [0.3, 0.4) is 0 Å². The zero-order chi connectivity index (χ0) is 22.5. The highest BCUT2D eigenvalue weighted by Crippen LogP contribution is 2.16. The van der Waals surface area contributed by atoms with Crippen LogP contribution in [0, 0.1) is 5.41 Å². The van der Waals surface area contributed by atoms with Crippen molar-refractivity contribution >= 4 is 51.9 Å². The van der Waals surface area contributed by atoms with Crippen LogP contribution in [-0.4, -0.2) is 71.3 Å². The number of amidine groups is 2. The second-order valence-electron chi connectivity index (χ2n) is 6.95. The highest BCUT2D eigenvalue weighted by atomic mass is 32.2. The molecular formula is C21H20N6O4S. The molecule has 10 nitrogen and oxygen atoms in total. The van der Waals surface area contributed by atoms with E-state index in [9.17, 15) is 14.4 Å². The van der Waals surface area contributed by atoms with Crippen molar-refractivity contribution in [3.63, 3.8) is 0 Å². The van der Waals surface area contributed by atoms with Crippen molar-refractivity contribution in [2.45, 2.75) is 0 Å². The smallest absolute Gasteiger partial charge is 0.313 e. The number of nitrogens with one attached hydrogen (secondary N) is 2. The number of hydrogen-bond donors (Lipinski definition) is 2. The lowest BCUT2D eigenvalue weighted by molar-refractivity contribution is -0.128. The van der Waals surface area contributed by atoms with Crippen molar-refractivity contribution in [3.8, 4) is 0 Å². The number of benzene rings is 1. The van der Waals surface area contributed by atoms with Crippen LogP contribution in [0.25, 0.3) is 0 Å². The van der Waals surface area contributed by atoms with Gasteiger partial charge in [0.1, 0.15) is 0 Å². The van der Waals surface area contributed by atoms with Crippen LogP contribution >= 0.6 is 11.8 Å². The Labute approximate surface area is 187 Å². The Bertz CT molecular complexity index is 1090. The average Bonchev–Trinajstić information content (AvgIpc) is 3.36. The van der Waals surface area contributed by atoms with Crippen LogP contribution in [0.4, 0.5) is 5.69 Å². The lowest BCUT2D eigenvalue weighted by atomic mass is 10.2. The van der Waals surface area contributed by atoms with E-state index < -0.39 is 23.4 Å². The van der Waals surface area contributed by atoms with Crippen molar-refractivity contribution in [2.75, 3.05) is 36.8 Å². The molecule has 2 aliphatic heterocycles. The minimum atomic E-state index is -0.777.